The van der Waals surface area contributed by atoms with Crippen molar-refractivity contribution in [3.63, 3.8) is 0 Å². The standard InChI is InChI=1S/C21H17FN2O2S3/c1-27-17-5-2-6-18-20(17)23-21(29-18)24(12-15-4-3-11-26-15)19(25)13-28-16-9-7-14(22)8-10-16/h2-11H,12-13H2,1H3. The largest absolute Gasteiger partial charge is 0.467 e. The average Bonchev–Trinajstić information content (AvgIpc) is 3.40. The molecule has 2 aromatic heterocycles. The highest BCUT2D eigenvalue weighted by Gasteiger charge is 2.22. The quantitative estimate of drug-likeness (QED) is 0.324. The summed E-state index contributed by atoms with van der Waals surface area (Å²) in [4.78, 5) is 21.4. The van der Waals surface area contributed by atoms with Gasteiger partial charge in [-0.05, 0) is 54.8 Å². The summed E-state index contributed by atoms with van der Waals surface area (Å²) in [6.45, 7) is 0.310. The zero-order chi connectivity index (χ0) is 20.2. The van der Waals surface area contributed by atoms with Crippen LogP contribution in [0.25, 0.3) is 10.2 Å². The maximum Gasteiger partial charge on any atom is 0.239 e. The van der Waals surface area contributed by atoms with Crippen LogP contribution in [0.15, 0.2) is 75.1 Å². The third-order valence-corrected chi connectivity index (χ3v) is 7.00. The minimum Gasteiger partial charge on any atom is -0.467 e. The summed E-state index contributed by atoms with van der Waals surface area (Å²) in [5.74, 6) is 0.534. The maximum absolute atomic E-state index is 13.1. The number of halogens is 1. The number of thiazole rings is 1. The van der Waals surface area contributed by atoms with Crippen LogP contribution in [0.3, 0.4) is 0 Å². The third-order valence-electron chi connectivity index (χ3n) is 4.19. The van der Waals surface area contributed by atoms with Crippen molar-refractivity contribution in [2.75, 3.05) is 16.9 Å². The number of para-hydroxylation sites is 1. The van der Waals surface area contributed by atoms with Gasteiger partial charge in [-0.2, -0.15) is 0 Å². The van der Waals surface area contributed by atoms with Crippen molar-refractivity contribution < 1.29 is 13.6 Å². The lowest BCUT2D eigenvalue weighted by Gasteiger charge is -2.18. The average molecular weight is 445 g/mol. The van der Waals surface area contributed by atoms with E-state index in [0.717, 1.165) is 20.0 Å². The number of carbonyl (C=O) groups excluding carboxylic acids is 1. The van der Waals surface area contributed by atoms with E-state index in [-0.39, 0.29) is 17.5 Å². The van der Waals surface area contributed by atoms with Crippen LogP contribution in [0.4, 0.5) is 9.52 Å². The molecule has 0 spiro atoms. The Balaban J connectivity index is 1.60. The molecular weight excluding hydrogens is 427 g/mol. The second kappa shape index (κ2) is 9.02. The molecule has 0 aliphatic heterocycles. The van der Waals surface area contributed by atoms with Gasteiger partial charge in [-0.15, -0.1) is 23.5 Å². The third kappa shape index (κ3) is 4.66. The molecule has 0 saturated heterocycles. The normalized spacial score (nSPS) is 11.1. The Hall–Kier alpha value is -2.29. The second-order valence-electron chi connectivity index (χ2n) is 6.11. The fourth-order valence-corrected chi connectivity index (χ4v) is 5.18. The molecule has 8 heteroatoms. The van der Waals surface area contributed by atoms with Crippen molar-refractivity contribution in [3.05, 3.63) is 72.4 Å². The number of anilines is 1. The number of furan rings is 1. The van der Waals surface area contributed by atoms with Gasteiger partial charge in [0.15, 0.2) is 5.13 Å². The van der Waals surface area contributed by atoms with Crippen LogP contribution >= 0.6 is 34.9 Å². The Bertz CT molecular complexity index is 1110. The van der Waals surface area contributed by atoms with Crippen molar-refractivity contribution in [2.45, 2.75) is 16.3 Å². The zero-order valence-corrected chi connectivity index (χ0v) is 18.0. The predicted octanol–water partition coefficient (Wildman–Crippen LogP) is 6.08. The number of fused-ring (bicyclic) bond motifs is 1. The Labute approximate surface area is 180 Å². The van der Waals surface area contributed by atoms with E-state index in [1.54, 1.807) is 41.1 Å². The van der Waals surface area contributed by atoms with Gasteiger partial charge in [0, 0.05) is 9.79 Å². The lowest BCUT2D eigenvalue weighted by Crippen LogP contribution is -2.31. The first-order valence-corrected chi connectivity index (χ1v) is 11.8. The molecule has 0 aliphatic carbocycles. The second-order valence-corrected chi connectivity index (χ2v) is 9.01. The van der Waals surface area contributed by atoms with Crippen LogP contribution in [0.2, 0.25) is 0 Å². The number of rotatable bonds is 7. The Morgan fingerprint density at radius 1 is 1.17 bits per heavy atom. The van der Waals surface area contributed by atoms with Crippen molar-refractivity contribution in [2.24, 2.45) is 0 Å². The molecule has 0 bridgehead atoms. The monoisotopic (exact) mass is 444 g/mol. The van der Waals surface area contributed by atoms with Gasteiger partial charge in [0.1, 0.15) is 11.6 Å². The lowest BCUT2D eigenvalue weighted by molar-refractivity contribution is -0.116. The molecule has 0 fully saturated rings. The summed E-state index contributed by atoms with van der Waals surface area (Å²) in [6, 6.07) is 15.8. The topological polar surface area (TPSA) is 46.3 Å². The number of benzene rings is 2. The molecule has 2 aromatic carbocycles. The van der Waals surface area contributed by atoms with Gasteiger partial charge in [0.2, 0.25) is 5.91 Å². The highest BCUT2D eigenvalue weighted by atomic mass is 32.2. The molecule has 0 N–H and O–H groups in total. The minimum atomic E-state index is -0.292. The summed E-state index contributed by atoms with van der Waals surface area (Å²) in [7, 11) is 0. The summed E-state index contributed by atoms with van der Waals surface area (Å²) in [6.07, 6.45) is 3.61. The van der Waals surface area contributed by atoms with Gasteiger partial charge < -0.3 is 4.42 Å². The van der Waals surface area contributed by atoms with E-state index < -0.39 is 0 Å². The van der Waals surface area contributed by atoms with Gasteiger partial charge >= 0.3 is 0 Å². The number of thioether (sulfide) groups is 2. The Kier molecular flexibility index (Phi) is 6.22. The molecule has 0 radical (unpaired) electrons. The first-order chi connectivity index (χ1) is 14.1. The van der Waals surface area contributed by atoms with Gasteiger partial charge in [-0.3, -0.25) is 9.69 Å². The molecule has 29 heavy (non-hydrogen) atoms. The minimum absolute atomic E-state index is 0.0829. The van der Waals surface area contributed by atoms with Crippen LogP contribution in [0, 0.1) is 5.82 Å². The lowest BCUT2D eigenvalue weighted by atomic mass is 10.3. The molecule has 0 unspecified atom stereocenters. The number of hydrogen-bond donors (Lipinski definition) is 0. The smallest absolute Gasteiger partial charge is 0.239 e. The molecule has 2 heterocycles. The van der Waals surface area contributed by atoms with Gasteiger partial charge in [0.25, 0.3) is 0 Å². The molecular formula is C21H17FN2O2S3. The van der Waals surface area contributed by atoms with E-state index in [9.17, 15) is 9.18 Å². The van der Waals surface area contributed by atoms with Crippen LogP contribution in [0.1, 0.15) is 5.76 Å². The summed E-state index contributed by atoms with van der Waals surface area (Å²) < 4.78 is 19.6. The zero-order valence-electron chi connectivity index (χ0n) is 15.5. The number of aromatic nitrogens is 1. The van der Waals surface area contributed by atoms with Crippen molar-refractivity contribution in [1.29, 1.82) is 0 Å². The molecule has 148 valence electrons. The molecule has 4 rings (SSSR count). The van der Waals surface area contributed by atoms with E-state index in [0.29, 0.717) is 17.4 Å². The van der Waals surface area contributed by atoms with Gasteiger partial charge in [0.05, 0.1) is 28.8 Å². The molecule has 0 atom stereocenters. The number of nitrogens with zero attached hydrogens (tertiary/aromatic N) is 2. The highest BCUT2D eigenvalue weighted by Crippen LogP contribution is 2.35. The van der Waals surface area contributed by atoms with Crippen LogP contribution < -0.4 is 4.90 Å². The predicted molar refractivity (Wildman–Crippen MR) is 118 cm³/mol. The molecule has 4 nitrogen and oxygen atoms in total. The van der Waals surface area contributed by atoms with Crippen LogP contribution in [-0.2, 0) is 11.3 Å². The molecule has 0 saturated carbocycles. The molecule has 1 amide bonds. The summed E-state index contributed by atoms with van der Waals surface area (Å²) in [5.41, 5.74) is 0.906. The van der Waals surface area contributed by atoms with Crippen molar-refractivity contribution in [1.82, 2.24) is 4.98 Å². The maximum atomic E-state index is 13.1. The van der Waals surface area contributed by atoms with E-state index in [4.69, 9.17) is 9.40 Å². The first-order valence-electron chi connectivity index (χ1n) is 8.78. The fourth-order valence-electron chi connectivity index (χ4n) is 2.77. The van der Waals surface area contributed by atoms with E-state index in [1.807, 2.05) is 30.5 Å². The number of carbonyl (C=O) groups is 1. The van der Waals surface area contributed by atoms with Gasteiger partial charge in [-0.25, -0.2) is 9.37 Å². The van der Waals surface area contributed by atoms with E-state index >= 15 is 0 Å². The van der Waals surface area contributed by atoms with E-state index in [2.05, 4.69) is 0 Å². The fraction of sp³-hybridized carbons (Fsp3) is 0.143. The molecule has 4 aromatic rings. The van der Waals surface area contributed by atoms with E-state index in [1.165, 1.54) is 35.2 Å². The molecule has 0 aliphatic rings. The Morgan fingerprint density at radius 3 is 2.72 bits per heavy atom. The van der Waals surface area contributed by atoms with Crippen molar-refractivity contribution >= 4 is 56.1 Å². The van der Waals surface area contributed by atoms with Crippen LogP contribution in [0.5, 0.6) is 0 Å². The SMILES string of the molecule is CSc1cccc2sc(N(Cc3ccco3)C(=O)CSc3ccc(F)cc3)nc12. The number of amides is 1. The van der Waals surface area contributed by atoms with Crippen molar-refractivity contribution in [3.8, 4) is 0 Å². The number of hydrogen-bond acceptors (Lipinski definition) is 6. The van der Waals surface area contributed by atoms with Gasteiger partial charge in [-0.1, -0.05) is 17.4 Å². The Morgan fingerprint density at radius 2 is 2.00 bits per heavy atom. The van der Waals surface area contributed by atoms with Crippen LogP contribution in [-0.4, -0.2) is 22.9 Å². The highest BCUT2D eigenvalue weighted by molar-refractivity contribution is 8.00. The summed E-state index contributed by atoms with van der Waals surface area (Å²) in [5, 5.41) is 0.641. The first kappa shape index (κ1) is 20.0. The summed E-state index contributed by atoms with van der Waals surface area (Å²) >= 11 is 4.49.